The number of H-pyrrole nitrogens is 1. The summed E-state index contributed by atoms with van der Waals surface area (Å²) in [6, 6.07) is 21.6. The first kappa shape index (κ1) is 14.3. The number of aromatic amines is 1. The molecule has 0 atom stereocenters. The van der Waals surface area contributed by atoms with Gasteiger partial charge in [0, 0.05) is 47.2 Å². The van der Waals surface area contributed by atoms with Crippen LogP contribution in [0.5, 0.6) is 0 Å². The monoisotopic (exact) mass is 312 g/mol. The second kappa shape index (κ2) is 6.05. The Bertz CT molecular complexity index is 949. The molecular weight excluding hydrogens is 296 g/mol. The number of nitrogens with one attached hydrogen (secondary N) is 1. The third-order valence-corrected chi connectivity index (χ3v) is 4.11. The van der Waals surface area contributed by atoms with Crippen molar-refractivity contribution >= 4 is 5.78 Å². The average molecular weight is 312 g/mol. The minimum atomic E-state index is 0.0224. The first-order valence-corrected chi connectivity index (χ1v) is 7.83. The third kappa shape index (κ3) is 2.57. The summed E-state index contributed by atoms with van der Waals surface area (Å²) >= 11 is 0. The Morgan fingerprint density at radius 1 is 0.792 bits per heavy atom. The molecule has 0 spiro atoms. The van der Waals surface area contributed by atoms with Gasteiger partial charge in [-0.1, -0.05) is 30.3 Å². The van der Waals surface area contributed by atoms with E-state index in [1.165, 1.54) is 0 Å². The van der Waals surface area contributed by atoms with Crippen molar-refractivity contribution in [1.82, 2.24) is 9.55 Å². The Balaban J connectivity index is 1.67. The molecule has 0 fully saturated rings. The number of carbonyl (C=O) groups is 1. The fourth-order valence-electron chi connectivity index (χ4n) is 2.86. The van der Waals surface area contributed by atoms with Crippen LogP contribution in [0.2, 0.25) is 0 Å². The number of aromatic nitrogens is 2. The Labute approximate surface area is 140 Å². The van der Waals surface area contributed by atoms with Crippen molar-refractivity contribution in [2.45, 2.75) is 0 Å². The van der Waals surface area contributed by atoms with E-state index in [2.05, 4.69) is 4.98 Å². The van der Waals surface area contributed by atoms with Gasteiger partial charge in [-0.25, -0.2) is 0 Å². The van der Waals surface area contributed by atoms with Crippen LogP contribution >= 0.6 is 0 Å². The van der Waals surface area contributed by atoms with Crippen LogP contribution in [-0.2, 0) is 0 Å². The van der Waals surface area contributed by atoms with E-state index in [0.29, 0.717) is 11.1 Å². The van der Waals surface area contributed by atoms with Crippen LogP contribution in [0.25, 0.3) is 16.8 Å². The van der Waals surface area contributed by atoms with Crippen LogP contribution < -0.4 is 0 Å². The number of hydrogen-bond donors (Lipinski definition) is 1. The Kier molecular flexibility index (Phi) is 3.60. The minimum absolute atomic E-state index is 0.0224. The van der Waals surface area contributed by atoms with Gasteiger partial charge < -0.3 is 9.55 Å². The lowest BCUT2D eigenvalue weighted by molar-refractivity contribution is 0.103. The zero-order valence-corrected chi connectivity index (χ0v) is 13.0. The molecule has 2 aromatic heterocycles. The Hall–Kier alpha value is -3.33. The van der Waals surface area contributed by atoms with Gasteiger partial charge in [0.25, 0.3) is 0 Å². The van der Waals surface area contributed by atoms with Crippen LogP contribution in [0.1, 0.15) is 15.9 Å². The molecule has 4 aromatic rings. The van der Waals surface area contributed by atoms with E-state index in [4.69, 9.17) is 0 Å². The predicted molar refractivity (Wildman–Crippen MR) is 95.4 cm³/mol. The first-order chi connectivity index (χ1) is 11.8. The van der Waals surface area contributed by atoms with E-state index in [-0.39, 0.29) is 5.78 Å². The van der Waals surface area contributed by atoms with E-state index >= 15 is 0 Å². The second-order valence-electron chi connectivity index (χ2n) is 5.62. The number of nitrogens with zero attached hydrogens (tertiary/aromatic N) is 1. The van der Waals surface area contributed by atoms with Crippen molar-refractivity contribution in [3.63, 3.8) is 0 Å². The average Bonchev–Trinajstić information content (AvgIpc) is 3.34. The molecule has 3 heteroatoms. The smallest absolute Gasteiger partial charge is 0.195 e. The van der Waals surface area contributed by atoms with Crippen LogP contribution in [0.15, 0.2) is 91.5 Å². The lowest BCUT2D eigenvalue weighted by Gasteiger charge is -2.06. The van der Waals surface area contributed by atoms with E-state index in [0.717, 1.165) is 16.8 Å². The first-order valence-electron chi connectivity index (χ1n) is 7.83. The predicted octanol–water partition coefficient (Wildman–Crippen LogP) is 4.70. The molecule has 0 unspecified atom stereocenters. The lowest BCUT2D eigenvalue weighted by Crippen LogP contribution is -2.02. The van der Waals surface area contributed by atoms with E-state index in [1.54, 1.807) is 6.20 Å². The second-order valence-corrected chi connectivity index (χ2v) is 5.62. The Morgan fingerprint density at radius 3 is 2.21 bits per heavy atom. The van der Waals surface area contributed by atoms with Gasteiger partial charge in [0.05, 0.1) is 0 Å². The SMILES string of the molecule is O=C(c1ccc(-n2cccc2)cc1)c1c[nH]cc1-c1ccccc1. The maximum atomic E-state index is 12.9. The molecule has 4 rings (SSSR count). The van der Waals surface area contributed by atoms with Crippen molar-refractivity contribution in [3.05, 3.63) is 103 Å². The fourth-order valence-corrected chi connectivity index (χ4v) is 2.86. The molecular formula is C21H16N2O. The van der Waals surface area contributed by atoms with Gasteiger partial charge in [0.15, 0.2) is 5.78 Å². The highest BCUT2D eigenvalue weighted by Crippen LogP contribution is 2.25. The normalized spacial score (nSPS) is 10.7. The fraction of sp³-hybridized carbons (Fsp3) is 0. The van der Waals surface area contributed by atoms with Gasteiger partial charge in [0.2, 0.25) is 0 Å². The maximum Gasteiger partial charge on any atom is 0.195 e. The van der Waals surface area contributed by atoms with E-state index < -0.39 is 0 Å². The molecule has 1 N–H and O–H groups in total. The molecule has 2 heterocycles. The molecule has 3 nitrogen and oxygen atoms in total. The van der Waals surface area contributed by atoms with Gasteiger partial charge in [-0.2, -0.15) is 0 Å². The lowest BCUT2D eigenvalue weighted by atomic mass is 9.98. The van der Waals surface area contributed by atoms with Crippen LogP contribution in [0.4, 0.5) is 0 Å². The summed E-state index contributed by atoms with van der Waals surface area (Å²) in [6.07, 6.45) is 7.61. The highest BCUT2D eigenvalue weighted by atomic mass is 16.1. The molecule has 2 aromatic carbocycles. The zero-order valence-electron chi connectivity index (χ0n) is 13.0. The third-order valence-electron chi connectivity index (χ3n) is 4.11. The standard InChI is InChI=1S/C21H16N2O/c24-21(17-8-10-18(11-9-17)23-12-4-5-13-23)20-15-22-14-19(20)16-6-2-1-3-7-16/h1-15,22H. The zero-order chi connectivity index (χ0) is 16.4. The molecule has 24 heavy (non-hydrogen) atoms. The number of ketones is 1. The van der Waals surface area contributed by atoms with Crippen LogP contribution in [-0.4, -0.2) is 15.3 Å². The molecule has 0 amide bonds. The van der Waals surface area contributed by atoms with Gasteiger partial charge in [-0.3, -0.25) is 4.79 Å². The largest absolute Gasteiger partial charge is 0.366 e. The quantitative estimate of drug-likeness (QED) is 0.545. The molecule has 0 aliphatic heterocycles. The molecule has 0 aliphatic carbocycles. The number of hydrogen-bond acceptors (Lipinski definition) is 1. The van der Waals surface area contributed by atoms with Gasteiger partial charge in [-0.15, -0.1) is 0 Å². The topological polar surface area (TPSA) is 37.8 Å². The molecule has 0 radical (unpaired) electrons. The Morgan fingerprint density at radius 2 is 1.50 bits per heavy atom. The van der Waals surface area contributed by atoms with Crippen molar-refractivity contribution in [1.29, 1.82) is 0 Å². The highest BCUT2D eigenvalue weighted by Gasteiger charge is 2.15. The highest BCUT2D eigenvalue weighted by molar-refractivity contribution is 6.12. The maximum absolute atomic E-state index is 12.9. The van der Waals surface area contributed by atoms with Crippen LogP contribution in [0, 0.1) is 0 Å². The van der Waals surface area contributed by atoms with Crippen molar-refractivity contribution < 1.29 is 4.79 Å². The van der Waals surface area contributed by atoms with Crippen LogP contribution in [0.3, 0.4) is 0 Å². The molecule has 0 saturated carbocycles. The molecule has 0 saturated heterocycles. The molecule has 116 valence electrons. The number of rotatable bonds is 4. The molecule has 0 bridgehead atoms. The summed E-state index contributed by atoms with van der Waals surface area (Å²) in [5.41, 5.74) is 4.37. The number of carbonyl (C=O) groups excluding carboxylic acids is 1. The minimum Gasteiger partial charge on any atom is -0.366 e. The molecule has 0 aliphatic rings. The van der Waals surface area contributed by atoms with Crippen molar-refractivity contribution in [3.8, 4) is 16.8 Å². The summed E-state index contributed by atoms with van der Waals surface area (Å²) in [5.74, 6) is 0.0224. The van der Waals surface area contributed by atoms with Crippen molar-refractivity contribution in [2.24, 2.45) is 0 Å². The summed E-state index contributed by atoms with van der Waals surface area (Å²) in [4.78, 5) is 15.9. The van der Waals surface area contributed by atoms with Gasteiger partial charge in [0.1, 0.15) is 0 Å². The van der Waals surface area contributed by atoms with Gasteiger partial charge >= 0.3 is 0 Å². The van der Waals surface area contributed by atoms with E-state index in [9.17, 15) is 4.79 Å². The van der Waals surface area contributed by atoms with Crippen molar-refractivity contribution in [2.75, 3.05) is 0 Å². The summed E-state index contributed by atoms with van der Waals surface area (Å²) in [7, 11) is 0. The van der Waals surface area contributed by atoms with E-state index in [1.807, 2.05) is 89.9 Å². The number of benzene rings is 2. The summed E-state index contributed by atoms with van der Waals surface area (Å²) in [5, 5.41) is 0. The summed E-state index contributed by atoms with van der Waals surface area (Å²) in [6.45, 7) is 0. The van der Waals surface area contributed by atoms with Gasteiger partial charge in [-0.05, 0) is 42.0 Å². The summed E-state index contributed by atoms with van der Waals surface area (Å²) < 4.78 is 2.01.